The van der Waals surface area contributed by atoms with Gasteiger partial charge in [0, 0.05) is 6.42 Å². The van der Waals surface area contributed by atoms with E-state index >= 15 is 0 Å². The van der Waals surface area contributed by atoms with Gasteiger partial charge in [-0.3, -0.25) is 4.79 Å². The summed E-state index contributed by atoms with van der Waals surface area (Å²) in [6.07, 6.45) is 11.1. The Balaban J connectivity index is 2.00. The zero-order chi connectivity index (χ0) is 21.5. The van der Waals surface area contributed by atoms with E-state index in [4.69, 9.17) is 9.84 Å². The van der Waals surface area contributed by atoms with Crippen molar-refractivity contribution in [2.24, 2.45) is 0 Å². The van der Waals surface area contributed by atoms with Gasteiger partial charge in [0.05, 0.1) is 6.61 Å². The normalized spacial score (nSPS) is 27.1. The highest BCUT2D eigenvalue weighted by molar-refractivity contribution is 5.76. The second-order valence-electron chi connectivity index (χ2n) is 8.31. The molecule has 0 saturated carbocycles. The van der Waals surface area contributed by atoms with Gasteiger partial charge in [0.1, 0.15) is 24.4 Å². The number of aliphatic hydroxyl groups excluding tert-OH is 4. The SMILES string of the molecule is CCCCCCCCCCCCCCCC(=O)N[C@@H]1[C@@H](O)[C@H](O)[C@@H](CO)O[C@@H]1O. The van der Waals surface area contributed by atoms with Gasteiger partial charge in [0.25, 0.3) is 0 Å². The van der Waals surface area contributed by atoms with Crippen LogP contribution < -0.4 is 5.32 Å². The molecule has 1 aliphatic rings. The monoisotopic (exact) mass is 417 g/mol. The van der Waals surface area contributed by atoms with Gasteiger partial charge in [-0.1, -0.05) is 84.0 Å². The summed E-state index contributed by atoms with van der Waals surface area (Å²) in [4.78, 5) is 12.0. The molecule has 0 spiro atoms. The lowest BCUT2D eigenvalue weighted by molar-refractivity contribution is -0.253. The highest BCUT2D eigenvalue weighted by Crippen LogP contribution is 2.20. The first kappa shape index (κ1) is 26.3. The molecule has 5 atom stereocenters. The second kappa shape index (κ2) is 16.0. The highest BCUT2D eigenvalue weighted by atomic mass is 16.6. The number of carbonyl (C=O) groups excluding carboxylic acids is 1. The minimum Gasteiger partial charge on any atom is -0.394 e. The first-order valence-corrected chi connectivity index (χ1v) is 11.6. The van der Waals surface area contributed by atoms with E-state index < -0.39 is 37.3 Å². The van der Waals surface area contributed by atoms with Crippen LogP contribution in [0.4, 0.5) is 0 Å². The molecule has 1 aliphatic heterocycles. The maximum absolute atomic E-state index is 12.0. The van der Waals surface area contributed by atoms with Crippen LogP contribution in [0.25, 0.3) is 0 Å². The van der Waals surface area contributed by atoms with Crippen molar-refractivity contribution in [1.29, 1.82) is 0 Å². The predicted octanol–water partition coefficient (Wildman–Crippen LogP) is 2.38. The second-order valence-corrected chi connectivity index (χ2v) is 8.31. The van der Waals surface area contributed by atoms with Gasteiger partial charge in [-0.25, -0.2) is 0 Å². The number of ether oxygens (including phenoxy) is 1. The Morgan fingerprint density at radius 1 is 0.793 bits per heavy atom. The number of aliphatic hydroxyl groups is 4. The maximum Gasteiger partial charge on any atom is 0.220 e. The first-order valence-electron chi connectivity index (χ1n) is 11.6. The molecule has 1 heterocycles. The number of nitrogens with one attached hydrogen (secondary N) is 1. The zero-order valence-corrected chi connectivity index (χ0v) is 18.1. The minimum absolute atomic E-state index is 0.283. The van der Waals surface area contributed by atoms with Crippen molar-refractivity contribution in [1.82, 2.24) is 5.32 Å². The third kappa shape index (κ3) is 10.7. The van der Waals surface area contributed by atoms with E-state index in [0.717, 1.165) is 19.3 Å². The lowest BCUT2D eigenvalue weighted by atomic mass is 9.97. The Hall–Kier alpha value is -0.730. The summed E-state index contributed by atoms with van der Waals surface area (Å²) in [7, 11) is 0. The zero-order valence-electron chi connectivity index (χ0n) is 18.1. The van der Waals surface area contributed by atoms with E-state index in [1.165, 1.54) is 64.2 Å². The Kier molecular flexibility index (Phi) is 14.5. The van der Waals surface area contributed by atoms with Crippen LogP contribution in [0.2, 0.25) is 0 Å². The molecule has 1 saturated heterocycles. The van der Waals surface area contributed by atoms with Gasteiger partial charge in [0.2, 0.25) is 5.91 Å². The lowest BCUT2D eigenvalue weighted by Gasteiger charge is -2.40. The molecular weight excluding hydrogens is 374 g/mol. The van der Waals surface area contributed by atoms with Crippen molar-refractivity contribution >= 4 is 5.91 Å². The Labute approximate surface area is 175 Å². The summed E-state index contributed by atoms with van der Waals surface area (Å²) >= 11 is 0. The molecule has 5 N–H and O–H groups in total. The molecule has 7 heteroatoms. The van der Waals surface area contributed by atoms with Crippen molar-refractivity contribution in [2.75, 3.05) is 6.61 Å². The third-order valence-electron chi connectivity index (χ3n) is 5.74. The molecule has 172 valence electrons. The molecule has 1 amide bonds. The smallest absolute Gasteiger partial charge is 0.220 e. The van der Waals surface area contributed by atoms with Crippen molar-refractivity contribution in [3.8, 4) is 0 Å². The van der Waals surface area contributed by atoms with Gasteiger partial charge in [-0.2, -0.15) is 0 Å². The van der Waals surface area contributed by atoms with E-state index in [1.807, 2.05) is 0 Å². The van der Waals surface area contributed by atoms with Crippen LogP contribution in [0.5, 0.6) is 0 Å². The predicted molar refractivity (Wildman–Crippen MR) is 112 cm³/mol. The maximum atomic E-state index is 12.0. The molecule has 0 bridgehead atoms. The first-order chi connectivity index (χ1) is 14.0. The Morgan fingerprint density at radius 2 is 1.28 bits per heavy atom. The molecule has 0 aromatic carbocycles. The van der Waals surface area contributed by atoms with Crippen molar-refractivity contribution in [2.45, 2.75) is 127 Å². The average molecular weight is 418 g/mol. The standard InChI is InChI=1S/C22H43NO6/c1-2-3-4-5-6-7-8-9-10-11-12-13-14-15-18(25)23-19-21(27)20(26)17(16-24)29-22(19)28/h17,19-22,24,26-28H,2-16H2,1H3,(H,23,25)/t17-,19-,20-,21-,22+/m1/s1. The molecule has 0 radical (unpaired) electrons. The van der Waals surface area contributed by atoms with Gasteiger partial charge in [-0.05, 0) is 6.42 Å². The number of unbranched alkanes of at least 4 members (excludes halogenated alkanes) is 12. The fourth-order valence-corrected chi connectivity index (χ4v) is 3.81. The summed E-state index contributed by atoms with van der Waals surface area (Å²) in [5, 5.41) is 41.3. The highest BCUT2D eigenvalue weighted by Gasteiger charge is 2.44. The molecular formula is C22H43NO6. The molecule has 0 unspecified atom stereocenters. The minimum atomic E-state index is -1.46. The van der Waals surface area contributed by atoms with Crippen LogP contribution in [0.3, 0.4) is 0 Å². The van der Waals surface area contributed by atoms with Crippen LogP contribution in [0, 0.1) is 0 Å². The van der Waals surface area contributed by atoms with Gasteiger partial charge < -0.3 is 30.5 Å². The molecule has 0 aromatic heterocycles. The van der Waals surface area contributed by atoms with E-state index in [-0.39, 0.29) is 5.91 Å². The van der Waals surface area contributed by atoms with Crippen LogP contribution in [0.1, 0.15) is 96.8 Å². The molecule has 1 rings (SSSR count). The molecule has 7 nitrogen and oxygen atoms in total. The van der Waals surface area contributed by atoms with Crippen LogP contribution in [-0.2, 0) is 9.53 Å². The van der Waals surface area contributed by atoms with Gasteiger partial charge in [-0.15, -0.1) is 0 Å². The topological polar surface area (TPSA) is 119 Å². The number of rotatable bonds is 16. The third-order valence-corrected chi connectivity index (χ3v) is 5.74. The van der Waals surface area contributed by atoms with Crippen molar-refractivity contribution in [3.63, 3.8) is 0 Å². The summed E-state index contributed by atoms with van der Waals surface area (Å²) in [5.74, 6) is -0.283. The number of amides is 1. The molecule has 0 aromatic rings. The average Bonchev–Trinajstić information content (AvgIpc) is 2.71. The quantitative estimate of drug-likeness (QED) is 0.246. The van der Waals surface area contributed by atoms with E-state index in [0.29, 0.717) is 6.42 Å². The van der Waals surface area contributed by atoms with E-state index in [9.17, 15) is 20.1 Å². The van der Waals surface area contributed by atoms with Crippen molar-refractivity contribution < 1.29 is 30.0 Å². The Morgan fingerprint density at radius 3 is 1.76 bits per heavy atom. The summed E-state index contributed by atoms with van der Waals surface area (Å²) in [5.41, 5.74) is 0. The van der Waals surface area contributed by atoms with Crippen LogP contribution >= 0.6 is 0 Å². The summed E-state index contributed by atoms with van der Waals surface area (Å²) < 4.78 is 5.03. The van der Waals surface area contributed by atoms with E-state index in [2.05, 4.69) is 12.2 Å². The molecule has 1 fully saturated rings. The fourth-order valence-electron chi connectivity index (χ4n) is 3.81. The lowest BCUT2D eigenvalue weighted by Crippen LogP contribution is -2.64. The Bertz CT molecular complexity index is 422. The van der Waals surface area contributed by atoms with E-state index in [1.54, 1.807) is 0 Å². The summed E-state index contributed by atoms with van der Waals surface area (Å²) in [6, 6.07) is -1.10. The van der Waals surface area contributed by atoms with Crippen LogP contribution in [0.15, 0.2) is 0 Å². The summed E-state index contributed by atoms with van der Waals surface area (Å²) in [6.45, 7) is 1.72. The van der Waals surface area contributed by atoms with Gasteiger partial charge in [0.15, 0.2) is 6.29 Å². The van der Waals surface area contributed by atoms with Crippen molar-refractivity contribution in [3.05, 3.63) is 0 Å². The molecule has 29 heavy (non-hydrogen) atoms. The number of hydrogen-bond acceptors (Lipinski definition) is 6. The van der Waals surface area contributed by atoms with Crippen LogP contribution in [-0.4, -0.2) is 63.6 Å². The fraction of sp³-hybridized carbons (Fsp3) is 0.955. The van der Waals surface area contributed by atoms with Gasteiger partial charge >= 0.3 is 0 Å². The number of hydrogen-bond donors (Lipinski definition) is 5. The largest absolute Gasteiger partial charge is 0.394 e. The number of carbonyl (C=O) groups is 1. The molecule has 0 aliphatic carbocycles.